The van der Waals surface area contributed by atoms with E-state index in [-0.39, 0.29) is 17.2 Å². The molecule has 9 heteroatoms. The second-order valence-corrected chi connectivity index (χ2v) is 7.18. The molecule has 20 heavy (non-hydrogen) atoms. The third-order valence-corrected chi connectivity index (χ3v) is 5.51. The smallest absolute Gasteiger partial charge is 0.308 e. The number of sulfonamides is 1. The molecule has 2 aromatic rings. The zero-order valence-corrected chi connectivity index (χ0v) is 12.0. The van der Waals surface area contributed by atoms with Crippen LogP contribution in [0.25, 0.3) is 0 Å². The highest BCUT2D eigenvalue weighted by Gasteiger charge is 2.17. The fraction of sp³-hybridized carbons (Fsp3) is 0.273. The molecule has 0 fully saturated rings. The molecule has 0 aromatic carbocycles. The van der Waals surface area contributed by atoms with Crippen LogP contribution in [0.2, 0.25) is 0 Å². The molecule has 0 aliphatic rings. The van der Waals surface area contributed by atoms with E-state index >= 15 is 0 Å². The second kappa shape index (κ2) is 6.16. The summed E-state index contributed by atoms with van der Waals surface area (Å²) < 4.78 is 26.6. The lowest BCUT2D eigenvalue weighted by Gasteiger charge is -2.03. The van der Waals surface area contributed by atoms with Gasteiger partial charge in [0.2, 0.25) is 10.0 Å². The minimum Gasteiger partial charge on any atom is -0.481 e. The van der Waals surface area contributed by atoms with E-state index in [0.717, 1.165) is 17.0 Å². The van der Waals surface area contributed by atoms with Gasteiger partial charge < -0.3 is 10.1 Å². The summed E-state index contributed by atoms with van der Waals surface area (Å²) in [6, 6.07) is 2.93. The number of aromatic amines is 1. The van der Waals surface area contributed by atoms with Gasteiger partial charge in [0.05, 0.1) is 12.7 Å². The van der Waals surface area contributed by atoms with Crippen LogP contribution in [0, 0.1) is 0 Å². The van der Waals surface area contributed by atoms with Gasteiger partial charge in [-0.1, -0.05) is 0 Å². The van der Waals surface area contributed by atoms with Crippen molar-refractivity contribution in [2.75, 3.05) is 6.54 Å². The number of hydrogen-bond acceptors (Lipinski definition) is 5. The van der Waals surface area contributed by atoms with Crippen LogP contribution in [-0.2, 0) is 27.7 Å². The number of carboxylic acids is 1. The summed E-state index contributed by atoms with van der Waals surface area (Å²) in [4.78, 5) is 17.8. The van der Waals surface area contributed by atoms with E-state index in [4.69, 9.17) is 5.11 Å². The molecule has 2 aromatic heterocycles. The fourth-order valence-electron chi connectivity index (χ4n) is 1.56. The number of rotatable bonds is 7. The van der Waals surface area contributed by atoms with Crippen LogP contribution in [0.3, 0.4) is 0 Å². The molecule has 0 radical (unpaired) electrons. The van der Waals surface area contributed by atoms with Crippen LogP contribution in [0.4, 0.5) is 0 Å². The molecule has 7 nitrogen and oxygen atoms in total. The third-order valence-electron chi connectivity index (χ3n) is 2.47. The van der Waals surface area contributed by atoms with E-state index in [9.17, 15) is 13.2 Å². The molecule has 0 spiro atoms. The molecule has 0 unspecified atom stereocenters. The predicted molar refractivity (Wildman–Crippen MR) is 73.1 cm³/mol. The first-order valence-corrected chi connectivity index (χ1v) is 8.05. The van der Waals surface area contributed by atoms with E-state index in [1.807, 2.05) is 0 Å². The lowest BCUT2D eigenvalue weighted by Crippen LogP contribution is -2.25. The summed E-state index contributed by atoms with van der Waals surface area (Å²) in [7, 11) is -3.59. The van der Waals surface area contributed by atoms with Gasteiger partial charge in [0.25, 0.3) is 0 Å². The normalized spacial score (nSPS) is 11.6. The van der Waals surface area contributed by atoms with E-state index in [1.54, 1.807) is 6.20 Å². The van der Waals surface area contributed by atoms with E-state index < -0.39 is 16.0 Å². The Balaban J connectivity index is 1.95. The number of hydrogen-bond donors (Lipinski definition) is 3. The van der Waals surface area contributed by atoms with Gasteiger partial charge in [0.15, 0.2) is 0 Å². The summed E-state index contributed by atoms with van der Waals surface area (Å²) >= 11 is 0.965. The number of imidazole rings is 1. The SMILES string of the molecule is O=C(O)Cc1ccc(S(=O)(=O)NCCc2cnc[nH]2)s1. The number of thiophene rings is 1. The van der Waals surface area contributed by atoms with Crippen LogP contribution in [0.5, 0.6) is 0 Å². The Kier molecular flexibility index (Phi) is 4.53. The Labute approximate surface area is 119 Å². The highest BCUT2D eigenvalue weighted by molar-refractivity contribution is 7.91. The molecular weight excluding hydrogens is 302 g/mol. The fourth-order valence-corrected chi connectivity index (χ4v) is 3.98. The first-order valence-electron chi connectivity index (χ1n) is 5.75. The van der Waals surface area contributed by atoms with Crippen molar-refractivity contribution in [1.82, 2.24) is 14.7 Å². The molecule has 0 amide bonds. The predicted octanol–water partition coefficient (Wildman–Crippen LogP) is 0.619. The summed E-state index contributed by atoms with van der Waals surface area (Å²) in [5, 5.41) is 8.66. The monoisotopic (exact) mass is 315 g/mol. The van der Waals surface area contributed by atoms with Gasteiger partial charge in [0.1, 0.15) is 4.21 Å². The van der Waals surface area contributed by atoms with Gasteiger partial charge in [-0.25, -0.2) is 18.1 Å². The van der Waals surface area contributed by atoms with Crippen LogP contribution >= 0.6 is 11.3 Å². The van der Waals surface area contributed by atoms with Crippen LogP contribution in [0.1, 0.15) is 10.6 Å². The highest BCUT2D eigenvalue weighted by atomic mass is 32.2. The molecule has 0 aliphatic carbocycles. The Bertz CT molecular complexity index is 676. The molecule has 108 valence electrons. The van der Waals surface area contributed by atoms with Crippen molar-refractivity contribution in [3.63, 3.8) is 0 Å². The number of aromatic nitrogens is 2. The number of carbonyl (C=O) groups is 1. The zero-order valence-electron chi connectivity index (χ0n) is 10.4. The second-order valence-electron chi connectivity index (χ2n) is 4.02. The number of H-pyrrole nitrogens is 1. The molecule has 3 N–H and O–H groups in total. The Morgan fingerprint density at radius 2 is 2.25 bits per heavy atom. The third kappa shape index (κ3) is 3.89. The van der Waals surface area contributed by atoms with Gasteiger partial charge in [-0.3, -0.25) is 4.79 Å². The van der Waals surface area contributed by atoms with Crippen molar-refractivity contribution in [2.45, 2.75) is 17.1 Å². The average molecular weight is 315 g/mol. The maximum Gasteiger partial charge on any atom is 0.308 e. The molecule has 0 saturated carbocycles. The Morgan fingerprint density at radius 1 is 1.45 bits per heavy atom. The maximum absolute atomic E-state index is 12.0. The largest absolute Gasteiger partial charge is 0.481 e. The van der Waals surface area contributed by atoms with Crippen molar-refractivity contribution < 1.29 is 18.3 Å². The number of nitrogens with zero attached hydrogens (tertiary/aromatic N) is 1. The lowest BCUT2D eigenvalue weighted by molar-refractivity contribution is -0.136. The Hall–Kier alpha value is -1.71. The maximum atomic E-state index is 12.0. The van der Waals surface area contributed by atoms with Crippen molar-refractivity contribution >= 4 is 27.3 Å². The summed E-state index contributed by atoms with van der Waals surface area (Å²) in [5.41, 5.74) is 0.838. The molecule has 2 rings (SSSR count). The van der Waals surface area contributed by atoms with Crippen molar-refractivity contribution in [2.24, 2.45) is 0 Å². The molecule has 2 heterocycles. The summed E-state index contributed by atoms with van der Waals surface area (Å²) in [5.74, 6) is -0.983. The van der Waals surface area contributed by atoms with Gasteiger partial charge in [-0.2, -0.15) is 0 Å². The molecule has 0 bridgehead atoms. The van der Waals surface area contributed by atoms with Crippen LogP contribution in [-0.4, -0.2) is 36.0 Å². The lowest BCUT2D eigenvalue weighted by atomic mass is 10.3. The number of nitrogens with one attached hydrogen (secondary N) is 2. The summed E-state index contributed by atoms with van der Waals surface area (Å²) in [6.07, 6.45) is 3.49. The molecule has 0 saturated heterocycles. The highest BCUT2D eigenvalue weighted by Crippen LogP contribution is 2.21. The Morgan fingerprint density at radius 3 is 2.90 bits per heavy atom. The standard InChI is InChI=1S/C11H13N3O4S2/c15-10(16)5-9-1-2-11(19-9)20(17,18)14-4-3-8-6-12-7-13-8/h1-2,6-7,14H,3-5H2,(H,12,13)(H,15,16). The van der Waals surface area contributed by atoms with Gasteiger partial charge in [0, 0.05) is 29.7 Å². The zero-order chi connectivity index (χ0) is 14.6. The van der Waals surface area contributed by atoms with Crippen molar-refractivity contribution in [1.29, 1.82) is 0 Å². The number of aliphatic carboxylic acids is 1. The molecule has 0 aliphatic heterocycles. The first kappa shape index (κ1) is 14.7. The van der Waals surface area contributed by atoms with E-state index in [2.05, 4.69) is 14.7 Å². The van der Waals surface area contributed by atoms with Crippen molar-refractivity contribution in [3.8, 4) is 0 Å². The average Bonchev–Trinajstić information content (AvgIpc) is 2.99. The first-order chi connectivity index (χ1) is 9.47. The molecular formula is C11H13N3O4S2. The van der Waals surface area contributed by atoms with E-state index in [1.165, 1.54) is 18.5 Å². The van der Waals surface area contributed by atoms with Crippen molar-refractivity contribution in [3.05, 3.63) is 35.2 Å². The minimum absolute atomic E-state index is 0.123. The van der Waals surface area contributed by atoms with Gasteiger partial charge in [-0.15, -0.1) is 11.3 Å². The minimum atomic E-state index is -3.59. The van der Waals surface area contributed by atoms with Crippen LogP contribution in [0.15, 0.2) is 28.9 Å². The molecule has 0 atom stereocenters. The van der Waals surface area contributed by atoms with Gasteiger partial charge in [-0.05, 0) is 12.1 Å². The topological polar surface area (TPSA) is 112 Å². The van der Waals surface area contributed by atoms with Crippen LogP contribution < -0.4 is 4.72 Å². The summed E-state index contributed by atoms with van der Waals surface area (Å²) in [6.45, 7) is 0.247. The quantitative estimate of drug-likeness (QED) is 0.693. The van der Waals surface area contributed by atoms with Gasteiger partial charge >= 0.3 is 5.97 Å². The number of carboxylic acid groups (broad SMARTS) is 1. The van der Waals surface area contributed by atoms with E-state index in [0.29, 0.717) is 11.3 Å².